The molecular weight excluding hydrogens is 438 g/mol. The minimum atomic E-state index is -1.46. The van der Waals surface area contributed by atoms with Gasteiger partial charge in [-0.2, -0.15) is 0 Å². The van der Waals surface area contributed by atoms with Crippen molar-refractivity contribution in [3.8, 4) is 0 Å². The predicted molar refractivity (Wildman–Crippen MR) is 115 cm³/mol. The summed E-state index contributed by atoms with van der Waals surface area (Å²) in [6.45, 7) is 0. The van der Waals surface area contributed by atoms with Crippen molar-refractivity contribution in [2.45, 2.75) is 56.3 Å². The largest absolute Gasteiger partial charge is 0.370 e. The molecule has 0 saturated carbocycles. The average molecular weight is 466 g/mol. The Balaban J connectivity index is 1.91. The fourth-order valence-electron chi connectivity index (χ4n) is 3.80. The number of carbonyl (C=O) groups excluding carboxylic acids is 5. The molecule has 0 radical (unpaired) electrons. The zero-order valence-corrected chi connectivity index (χ0v) is 18.2. The standard InChI is InChI=1S/C19H27N7O5S/c20-11(4-10-6-22-8-23-10)18(30)26(19(31)13-7-32-9-24-13)14(5-15(21)27)17(29)12-2-1-3-16(28)25-12/h6,8,11-14,24H,1-5,7,9,20H2,(H2,21,27)(H,22,23)(H,25,28)/t11-,12?,13?,14?/m0/s1. The molecule has 3 heterocycles. The zero-order valence-electron chi connectivity index (χ0n) is 17.4. The molecule has 32 heavy (non-hydrogen) atoms. The predicted octanol–water partition coefficient (Wildman–Crippen LogP) is -2.22. The van der Waals surface area contributed by atoms with Crippen molar-refractivity contribution < 1.29 is 24.0 Å². The summed E-state index contributed by atoms with van der Waals surface area (Å²) in [5.74, 6) is -2.32. The van der Waals surface area contributed by atoms with Gasteiger partial charge in [-0.1, -0.05) is 0 Å². The van der Waals surface area contributed by atoms with Crippen LogP contribution in [0.5, 0.6) is 0 Å². The highest BCUT2D eigenvalue weighted by Gasteiger charge is 2.43. The van der Waals surface area contributed by atoms with Crippen LogP contribution >= 0.6 is 11.8 Å². The zero-order chi connectivity index (χ0) is 23.3. The van der Waals surface area contributed by atoms with Gasteiger partial charge in [-0.15, -0.1) is 11.8 Å². The molecule has 13 heteroatoms. The number of amides is 4. The molecular formula is C19H27N7O5S. The third kappa shape index (κ3) is 5.72. The highest BCUT2D eigenvalue weighted by atomic mass is 32.2. The number of primary amides is 1. The number of nitrogens with one attached hydrogen (secondary N) is 3. The number of imide groups is 1. The van der Waals surface area contributed by atoms with Crippen LogP contribution in [0.15, 0.2) is 12.5 Å². The normalized spacial score (nSPS) is 22.6. The van der Waals surface area contributed by atoms with Gasteiger partial charge < -0.3 is 21.8 Å². The Labute approximate surface area is 188 Å². The van der Waals surface area contributed by atoms with Crippen LogP contribution in [-0.2, 0) is 30.4 Å². The van der Waals surface area contributed by atoms with Crippen LogP contribution in [0, 0.1) is 0 Å². The molecule has 2 aliphatic heterocycles. The number of rotatable bonds is 9. The van der Waals surface area contributed by atoms with Crippen LogP contribution in [0.2, 0.25) is 0 Å². The van der Waals surface area contributed by atoms with E-state index in [2.05, 4.69) is 20.6 Å². The van der Waals surface area contributed by atoms with Crippen molar-refractivity contribution in [2.24, 2.45) is 11.5 Å². The van der Waals surface area contributed by atoms with E-state index in [9.17, 15) is 24.0 Å². The van der Waals surface area contributed by atoms with Gasteiger partial charge in [-0.25, -0.2) is 4.98 Å². The third-order valence-electron chi connectivity index (χ3n) is 5.41. The summed E-state index contributed by atoms with van der Waals surface area (Å²) in [5.41, 5.74) is 12.0. The molecule has 4 atom stereocenters. The fraction of sp³-hybridized carbons (Fsp3) is 0.579. The van der Waals surface area contributed by atoms with E-state index in [4.69, 9.17) is 11.5 Å². The number of H-pyrrole nitrogens is 1. The van der Waals surface area contributed by atoms with Crippen molar-refractivity contribution in [2.75, 3.05) is 11.6 Å². The van der Waals surface area contributed by atoms with Gasteiger partial charge >= 0.3 is 0 Å². The van der Waals surface area contributed by atoms with Crippen LogP contribution in [0.1, 0.15) is 31.4 Å². The monoisotopic (exact) mass is 465 g/mol. The van der Waals surface area contributed by atoms with Crippen molar-refractivity contribution >= 4 is 41.2 Å². The number of nitrogens with zero attached hydrogens (tertiary/aromatic N) is 2. The lowest BCUT2D eigenvalue weighted by molar-refractivity contribution is -0.154. The molecule has 2 aliphatic rings. The highest BCUT2D eigenvalue weighted by molar-refractivity contribution is 7.99. The smallest absolute Gasteiger partial charge is 0.247 e. The van der Waals surface area contributed by atoms with Gasteiger partial charge in [0.25, 0.3) is 0 Å². The van der Waals surface area contributed by atoms with Gasteiger partial charge in [0.1, 0.15) is 6.04 Å². The minimum Gasteiger partial charge on any atom is -0.370 e. The van der Waals surface area contributed by atoms with Gasteiger partial charge in [0.05, 0.1) is 30.9 Å². The second kappa shape index (κ2) is 10.7. The summed E-state index contributed by atoms with van der Waals surface area (Å²) in [7, 11) is 0. The number of aromatic amines is 1. The fourth-order valence-corrected chi connectivity index (χ4v) is 4.73. The van der Waals surface area contributed by atoms with Gasteiger partial charge in [0.15, 0.2) is 5.78 Å². The van der Waals surface area contributed by atoms with Gasteiger partial charge in [-0.05, 0) is 12.8 Å². The maximum absolute atomic E-state index is 13.4. The van der Waals surface area contributed by atoms with Crippen LogP contribution in [0.4, 0.5) is 0 Å². The summed E-state index contributed by atoms with van der Waals surface area (Å²) in [4.78, 5) is 71.2. The number of hydrogen-bond donors (Lipinski definition) is 5. The SMILES string of the molecule is NC(=O)CC(C(=O)C1CCCC(=O)N1)N(C(=O)C1CSCN1)C(=O)[C@@H](N)Cc1cnc[nH]1. The molecule has 0 aromatic carbocycles. The Morgan fingerprint density at radius 2 is 2.06 bits per heavy atom. The number of piperidine rings is 1. The summed E-state index contributed by atoms with van der Waals surface area (Å²) in [6.07, 6.45) is 3.52. The molecule has 174 valence electrons. The number of hydrogen-bond acceptors (Lipinski definition) is 9. The molecule has 4 amide bonds. The number of imidazole rings is 1. The summed E-state index contributed by atoms with van der Waals surface area (Å²) < 4.78 is 0. The Morgan fingerprint density at radius 1 is 1.28 bits per heavy atom. The lowest BCUT2D eigenvalue weighted by Crippen LogP contribution is -2.62. The molecule has 1 aromatic rings. The average Bonchev–Trinajstić information content (AvgIpc) is 3.46. The van der Waals surface area contributed by atoms with Crippen LogP contribution in [0.3, 0.4) is 0 Å². The second-order valence-corrected chi connectivity index (χ2v) is 8.84. The summed E-state index contributed by atoms with van der Waals surface area (Å²) in [6, 6.07) is -4.26. The van der Waals surface area contributed by atoms with Crippen molar-refractivity contribution in [1.29, 1.82) is 0 Å². The van der Waals surface area contributed by atoms with Crippen molar-refractivity contribution in [1.82, 2.24) is 25.5 Å². The number of thioether (sulfide) groups is 1. The van der Waals surface area contributed by atoms with E-state index in [1.807, 2.05) is 0 Å². The highest BCUT2D eigenvalue weighted by Crippen LogP contribution is 2.20. The third-order valence-corrected chi connectivity index (χ3v) is 6.35. The van der Waals surface area contributed by atoms with Crippen LogP contribution < -0.4 is 22.1 Å². The lowest BCUT2D eigenvalue weighted by Gasteiger charge is -2.35. The van der Waals surface area contributed by atoms with Crippen molar-refractivity contribution in [3.63, 3.8) is 0 Å². The van der Waals surface area contributed by atoms with Crippen LogP contribution in [0.25, 0.3) is 0 Å². The Bertz CT molecular complexity index is 871. The molecule has 0 bridgehead atoms. The van der Waals surface area contributed by atoms with Gasteiger partial charge in [-0.3, -0.25) is 34.2 Å². The first-order valence-electron chi connectivity index (χ1n) is 10.3. The number of nitrogens with two attached hydrogens (primary N) is 2. The molecule has 7 N–H and O–H groups in total. The van der Waals surface area contributed by atoms with Gasteiger partial charge in [0.2, 0.25) is 23.6 Å². The van der Waals surface area contributed by atoms with E-state index in [-0.39, 0.29) is 18.7 Å². The molecule has 1 aromatic heterocycles. The quantitative estimate of drug-likeness (QED) is 0.268. The summed E-state index contributed by atoms with van der Waals surface area (Å²) in [5, 5.41) is 5.56. The van der Waals surface area contributed by atoms with E-state index in [0.717, 1.165) is 4.90 Å². The molecule has 2 saturated heterocycles. The minimum absolute atomic E-state index is 0.0487. The van der Waals surface area contributed by atoms with Crippen molar-refractivity contribution in [3.05, 3.63) is 18.2 Å². The number of carbonyl (C=O) groups is 5. The van der Waals surface area contributed by atoms with E-state index in [1.165, 1.54) is 24.3 Å². The van der Waals surface area contributed by atoms with Gasteiger partial charge in [0, 0.05) is 36.4 Å². The number of Topliss-reactive ketones (excluding diaryl/α,β-unsaturated/α-hetero) is 1. The Hall–Kier alpha value is -2.77. The Kier molecular flexibility index (Phi) is 7.99. The van der Waals surface area contributed by atoms with E-state index >= 15 is 0 Å². The van der Waals surface area contributed by atoms with E-state index in [1.54, 1.807) is 0 Å². The molecule has 2 fully saturated rings. The molecule has 3 rings (SSSR count). The first-order chi connectivity index (χ1) is 15.3. The first-order valence-corrected chi connectivity index (χ1v) is 11.5. The van der Waals surface area contributed by atoms with E-state index < -0.39 is 54.1 Å². The molecule has 0 spiro atoms. The molecule has 12 nitrogen and oxygen atoms in total. The first kappa shape index (κ1) is 23.9. The summed E-state index contributed by atoms with van der Waals surface area (Å²) >= 11 is 1.47. The lowest BCUT2D eigenvalue weighted by atomic mass is 9.92. The second-order valence-electron chi connectivity index (χ2n) is 7.81. The number of ketones is 1. The molecule has 0 aliphatic carbocycles. The van der Waals surface area contributed by atoms with Crippen LogP contribution in [-0.4, -0.2) is 80.1 Å². The topological polar surface area (TPSA) is 193 Å². The number of aromatic nitrogens is 2. The maximum Gasteiger partial charge on any atom is 0.247 e. The Morgan fingerprint density at radius 3 is 2.66 bits per heavy atom. The maximum atomic E-state index is 13.4. The molecule has 3 unspecified atom stereocenters. The van der Waals surface area contributed by atoms with E-state index in [0.29, 0.717) is 30.2 Å².